The van der Waals surface area contributed by atoms with Gasteiger partial charge in [-0.1, -0.05) is 41.7 Å². The van der Waals surface area contributed by atoms with Crippen molar-refractivity contribution in [2.75, 3.05) is 43.6 Å². The van der Waals surface area contributed by atoms with Gasteiger partial charge in [-0.15, -0.1) is 0 Å². The number of amides is 1. The molecule has 1 aliphatic heterocycles. The van der Waals surface area contributed by atoms with E-state index in [1.807, 2.05) is 48.5 Å². The SMILES string of the molecule is COC(C(=O)Nc1ccc2nc(N3CCOCC3)sc2c1)c1ccccc1. The molecule has 3 aromatic rings. The lowest BCUT2D eigenvalue weighted by Gasteiger charge is -2.25. The van der Waals surface area contributed by atoms with Crippen molar-refractivity contribution in [2.45, 2.75) is 6.10 Å². The summed E-state index contributed by atoms with van der Waals surface area (Å²) in [7, 11) is 1.54. The number of fused-ring (bicyclic) bond motifs is 1. The molecule has 1 N–H and O–H groups in total. The molecule has 0 spiro atoms. The van der Waals surface area contributed by atoms with Crippen molar-refractivity contribution < 1.29 is 14.3 Å². The zero-order chi connectivity index (χ0) is 18.6. The largest absolute Gasteiger partial charge is 0.378 e. The molecule has 1 aromatic heterocycles. The van der Waals surface area contributed by atoms with Crippen LogP contribution in [0.5, 0.6) is 0 Å². The molecule has 2 heterocycles. The number of rotatable bonds is 5. The number of ether oxygens (including phenoxy) is 2. The number of hydrogen-bond acceptors (Lipinski definition) is 6. The average molecular weight is 383 g/mol. The van der Waals surface area contributed by atoms with Gasteiger partial charge in [-0.05, 0) is 23.8 Å². The van der Waals surface area contributed by atoms with Gasteiger partial charge in [-0.25, -0.2) is 4.98 Å². The van der Waals surface area contributed by atoms with Crippen LogP contribution in [0.4, 0.5) is 10.8 Å². The third kappa shape index (κ3) is 3.95. The molecule has 4 rings (SSSR count). The van der Waals surface area contributed by atoms with Crippen molar-refractivity contribution in [3.05, 3.63) is 54.1 Å². The number of carbonyl (C=O) groups excluding carboxylic acids is 1. The maximum absolute atomic E-state index is 12.7. The topological polar surface area (TPSA) is 63.7 Å². The summed E-state index contributed by atoms with van der Waals surface area (Å²) in [6.45, 7) is 3.18. The fraction of sp³-hybridized carbons (Fsp3) is 0.300. The van der Waals surface area contributed by atoms with Crippen LogP contribution in [0, 0.1) is 0 Å². The molecule has 1 saturated heterocycles. The number of methoxy groups -OCH3 is 1. The smallest absolute Gasteiger partial charge is 0.258 e. The molecule has 1 unspecified atom stereocenters. The molecule has 2 aromatic carbocycles. The van der Waals surface area contributed by atoms with Gasteiger partial charge in [0, 0.05) is 25.9 Å². The first-order chi connectivity index (χ1) is 13.2. The van der Waals surface area contributed by atoms with E-state index in [0.717, 1.165) is 52.9 Å². The molecule has 1 amide bonds. The molecule has 140 valence electrons. The van der Waals surface area contributed by atoms with E-state index in [2.05, 4.69) is 10.2 Å². The highest BCUT2D eigenvalue weighted by Crippen LogP contribution is 2.31. The van der Waals surface area contributed by atoms with Crippen molar-refractivity contribution >= 4 is 38.3 Å². The number of aromatic nitrogens is 1. The molecule has 1 aliphatic rings. The highest BCUT2D eigenvalue weighted by Gasteiger charge is 2.20. The Hall–Kier alpha value is -2.48. The Labute approximate surface area is 161 Å². The molecule has 1 atom stereocenters. The number of benzene rings is 2. The van der Waals surface area contributed by atoms with Crippen LogP contribution in [0.15, 0.2) is 48.5 Å². The lowest BCUT2D eigenvalue weighted by molar-refractivity contribution is -0.126. The molecule has 0 saturated carbocycles. The van der Waals surface area contributed by atoms with E-state index in [9.17, 15) is 4.79 Å². The van der Waals surface area contributed by atoms with E-state index < -0.39 is 6.10 Å². The summed E-state index contributed by atoms with van der Waals surface area (Å²) in [5.41, 5.74) is 2.50. The molecular weight excluding hydrogens is 362 g/mol. The fourth-order valence-corrected chi connectivity index (χ4v) is 4.17. The molecule has 0 radical (unpaired) electrons. The predicted octanol–water partition coefficient (Wildman–Crippen LogP) is 3.46. The van der Waals surface area contributed by atoms with Gasteiger partial charge < -0.3 is 19.7 Å². The number of thiazole rings is 1. The average Bonchev–Trinajstić information content (AvgIpc) is 3.13. The van der Waals surface area contributed by atoms with Crippen LogP contribution >= 0.6 is 11.3 Å². The second kappa shape index (κ2) is 8.04. The minimum atomic E-state index is -0.646. The van der Waals surface area contributed by atoms with Gasteiger partial charge in [0.2, 0.25) is 0 Å². The molecule has 0 aliphatic carbocycles. The standard InChI is InChI=1S/C20H21N3O3S/c1-25-18(14-5-3-2-4-6-14)19(24)21-15-7-8-16-17(13-15)27-20(22-16)23-9-11-26-12-10-23/h2-8,13,18H,9-12H2,1H3,(H,21,24). The highest BCUT2D eigenvalue weighted by atomic mass is 32.1. The summed E-state index contributed by atoms with van der Waals surface area (Å²) < 4.78 is 11.8. The van der Waals surface area contributed by atoms with Crippen LogP contribution in [0.2, 0.25) is 0 Å². The van der Waals surface area contributed by atoms with Crippen LogP contribution in [0.1, 0.15) is 11.7 Å². The quantitative estimate of drug-likeness (QED) is 0.731. The van der Waals surface area contributed by atoms with Crippen LogP contribution in [-0.2, 0) is 14.3 Å². The summed E-state index contributed by atoms with van der Waals surface area (Å²) in [6.07, 6.45) is -0.646. The van der Waals surface area contributed by atoms with E-state index in [0.29, 0.717) is 0 Å². The Balaban J connectivity index is 1.52. The summed E-state index contributed by atoms with van der Waals surface area (Å²) in [6, 6.07) is 15.3. The number of morpholine rings is 1. The number of nitrogens with one attached hydrogen (secondary N) is 1. The maximum Gasteiger partial charge on any atom is 0.258 e. The molecule has 7 heteroatoms. The minimum absolute atomic E-state index is 0.194. The Kier molecular flexibility index (Phi) is 5.33. The summed E-state index contributed by atoms with van der Waals surface area (Å²) in [4.78, 5) is 19.6. The number of carbonyl (C=O) groups is 1. The van der Waals surface area contributed by atoms with E-state index in [4.69, 9.17) is 14.5 Å². The third-order valence-electron chi connectivity index (χ3n) is 4.50. The highest BCUT2D eigenvalue weighted by molar-refractivity contribution is 7.22. The first-order valence-corrected chi connectivity index (χ1v) is 9.68. The van der Waals surface area contributed by atoms with Crippen LogP contribution in [0.25, 0.3) is 10.2 Å². The second-order valence-electron chi connectivity index (χ2n) is 6.29. The van der Waals surface area contributed by atoms with Gasteiger partial charge in [0.05, 0.1) is 23.4 Å². The Morgan fingerprint density at radius 3 is 2.74 bits per heavy atom. The fourth-order valence-electron chi connectivity index (χ4n) is 3.11. The normalized spacial score (nSPS) is 15.7. The lowest BCUT2D eigenvalue weighted by Crippen LogP contribution is -2.36. The van der Waals surface area contributed by atoms with E-state index in [1.165, 1.54) is 7.11 Å². The van der Waals surface area contributed by atoms with Gasteiger partial charge in [0.15, 0.2) is 11.2 Å². The lowest BCUT2D eigenvalue weighted by atomic mass is 10.1. The Morgan fingerprint density at radius 2 is 2.00 bits per heavy atom. The van der Waals surface area contributed by atoms with Crippen molar-refractivity contribution in [3.8, 4) is 0 Å². The number of hydrogen-bond donors (Lipinski definition) is 1. The second-order valence-corrected chi connectivity index (χ2v) is 7.30. The van der Waals surface area contributed by atoms with Crippen LogP contribution in [0.3, 0.4) is 0 Å². The third-order valence-corrected chi connectivity index (χ3v) is 5.58. The van der Waals surface area contributed by atoms with Crippen molar-refractivity contribution in [2.24, 2.45) is 0 Å². The van der Waals surface area contributed by atoms with E-state index >= 15 is 0 Å². The van der Waals surface area contributed by atoms with Gasteiger partial charge in [-0.2, -0.15) is 0 Å². The Bertz CT molecular complexity index is 923. The summed E-state index contributed by atoms with van der Waals surface area (Å²) >= 11 is 1.63. The minimum Gasteiger partial charge on any atom is -0.378 e. The number of nitrogens with zero attached hydrogens (tertiary/aromatic N) is 2. The van der Waals surface area contributed by atoms with E-state index in [-0.39, 0.29) is 5.91 Å². The first-order valence-electron chi connectivity index (χ1n) is 8.86. The van der Waals surface area contributed by atoms with Gasteiger partial charge in [0.25, 0.3) is 5.91 Å². The van der Waals surface area contributed by atoms with Crippen LogP contribution in [-0.4, -0.2) is 44.3 Å². The molecular formula is C20H21N3O3S. The van der Waals surface area contributed by atoms with Crippen molar-refractivity contribution in [3.63, 3.8) is 0 Å². The maximum atomic E-state index is 12.7. The molecule has 27 heavy (non-hydrogen) atoms. The molecule has 6 nitrogen and oxygen atoms in total. The summed E-state index contributed by atoms with van der Waals surface area (Å²) in [5, 5.41) is 3.95. The summed E-state index contributed by atoms with van der Waals surface area (Å²) in [5.74, 6) is -0.194. The molecule has 1 fully saturated rings. The Morgan fingerprint density at radius 1 is 1.22 bits per heavy atom. The predicted molar refractivity (Wildman–Crippen MR) is 107 cm³/mol. The zero-order valence-electron chi connectivity index (χ0n) is 15.1. The molecule has 0 bridgehead atoms. The zero-order valence-corrected chi connectivity index (χ0v) is 15.9. The van der Waals surface area contributed by atoms with Gasteiger partial charge in [0.1, 0.15) is 0 Å². The van der Waals surface area contributed by atoms with Crippen molar-refractivity contribution in [1.29, 1.82) is 0 Å². The van der Waals surface area contributed by atoms with Crippen molar-refractivity contribution in [1.82, 2.24) is 4.98 Å². The van der Waals surface area contributed by atoms with Gasteiger partial charge >= 0.3 is 0 Å². The first kappa shape index (κ1) is 17.9. The van der Waals surface area contributed by atoms with Gasteiger partial charge in [-0.3, -0.25) is 4.79 Å². The van der Waals surface area contributed by atoms with E-state index in [1.54, 1.807) is 11.3 Å². The monoisotopic (exact) mass is 383 g/mol. The van der Waals surface area contributed by atoms with Crippen LogP contribution < -0.4 is 10.2 Å². The number of anilines is 2.